The summed E-state index contributed by atoms with van der Waals surface area (Å²) in [7, 11) is -4.31. The Morgan fingerprint density at radius 1 is 1.00 bits per heavy atom. The number of nitrogens with one attached hydrogen (secondary N) is 2. The van der Waals surface area contributed by atoms with E-state index in [0.29, 0.717) is 35.3 Å². The molecule has 37 heavy (non-hydrogen) atoms. The predicted molar refractivity (Wildman–Crippen MR) is 136 cm³/mol. The van der Waals surface area contributed by atoms with E-state index in [1.54, 1.807) is 47.1 Å². The van der Waals surface area contributed by atoms with Crippen LogP contribution in [0, 0.1) is 18.6 Å². The molecule has 3 aromatic carbocycles. The topological polar surface area (TPSA) is 109 Å². The molecule has 11 heteroatoms. The molecule has 2 heterocycles. The Kier molecular flexibility index (Phi) is 6.22. The largest absolute Gasteiger partial charge is 0.507 e. The number of phenols is 1. The van der Waals surface area contributed by atoms with Crippen LogP contribution in [-0.2, 0) is 16.6 Å². The first-order valence-electron chi connectivity index (χ1n) is 11.2. The quantitative estimate of drug-likeness (QED) is 0.275. The van der Waals surface area contributed by atoms with E-state index in [1.165, 1.54) is 12.1 Å². The molecular weight excluding hydrogens is 500 g/mol. The lowest BCUT2D eigenvalue weighted by atomic mass is 10.1. The molecule has 3 N–H and O–H groups in total. The molecule has 5 aromatic rings. The second-order valence-electron chi connectivity index (χ2n) is 8.34. The van der Waals surface area contributed by atoms with E-state index in [2.05, 4.69) is 20.1 Å². The fourth-order valence-electron chi connectivity index (χ4n) is 3.80. The van der Waals surface area contributed by atoms with Crippen LogP contribution in [0.15, 0.2) is 83.9 Å². The molecular formula is C26H21F2N5O3S. The van der Waals surface area contributed by atoms with Gasteiger partial charge >= 0.3 is 0 Å². The number of sulfonamides is 1. The molecule has 188 valence electrons. The van der Waals surface area contributed by atoms with Crippen molar-refractivity contribution in [1.82, 2.24) is 14.6 Å². The van der Waals surface area contributed by atoms with Crippen molar-refractivity contribution in [3.63, 3.8) is 0 Å². The maximum Gasteiger partial charge on any atom is 0.264 e. The highest BCUT2D eigenvalue weighted by Crippen LogP contribution is 2.30. The monoisotopic (exact) mass is 521 g/mol. The first kappa shape index (κ1) is 24.2. The lowest BCUT2D eigenvalue weighted by molar-refractivity contribution is 0.477. The summed E-state index contributed by atoms with van der Waals surface area (Å²) in [5.41, 5.74) is 3.68. The van der Waals surface area contributed by atoms with E-state index >= 15 is 0 Å². The molecule has 0 amide bonds. The molecule has 8 nitrogen and oxygen atoms in total. The summed E-state index contributed by atoms with van der Waals surface area (Å²) in [4.78, 5) is 3.88. The Morgan fingerprint density at radius 3 is 2.51 bits per heavy atom. The van der Waals surface area contributed by atoms with E-state index in [0.717, 1.165) is 23.3 Å². The van der Waals surface area contributed by atoms with Crippen molar-refractivity contribution in [2.24, 2.45) is 0 Å². The van der Waals surface area contributed by atoms with Crippen LogP contribution in [0.1, 0.15) is 11.1 Å². The number of rotatable bonds is 7. The molecule has 0 aliphatic carbocycles. The van der Waals surface area contributed by atoms with E-state index in [1.807, 2.05) is 13.0 Å². The number of phenolic OH excluding ortho intramolecular Hbond substituents is 1. The molecule has 0 aliphatic rings. The van der Waals surface area contributed by atoms with Crippen molar-refractivity contribution in [3.8, 4) is 17.0 Å². The third-order valence-electron chi connectivity index (χ3n) is 5.69. The van der Waals surface area contributed by atoms with Gasteiger partial charge in [0.1, 0.15) is 28.1 Å². The van der Waals surface area contributed by atoms with Crippen LogP contribution in [0.4, 0.5) is 20.3 Å². The van der Waals surface area contributed by atoms with Crippen LogP contribution >= 0.6 is 0 Å². The zero-order valence-electron chi connectivity index (χ0n) is 19.5. The summed E-state index contributed by atoms with van der Waals surface area (Å²) < 4.78 is 56.3. The number of para-hydroxylation sites is 1. The first-order chi connectivity index (χ1) is 17.7. The minimum absolute atomic E-state index is 0.110. The van der Waals surface area contributed by atoms with Crippen LogP contribution in [-0.4, -0.2) is 28.1 Å². The third kappa shape index (κ3) is 4.94. The van der Waals surface area contributed by atoms with Crippen molar-refractivity contribution in [2.45, 2.75) is 18.4 Å². The highest BCUT2D eigenvalue weighted by molar-refractivity contribution is 7.92. The Balaban J connectivity index is 1.36. The highest BCUT2D eigenvalue weighted by atomic mass is 32.2. The van der Waals surface area contributed by atoms with Crippen LogP contribution in [0.5, 0.6) is 5.75 Å². The molecule has 0 radical (unpaired) electrons. The number of fused-ring (bicyclic) bond motifs is 1. The second kappa shape index (κ2) is 9.51. The molecule has 0 fully saturated rings. The van der Waals surface area contributed by atoms with E-state index in [-0.39, 0.29) is 11.4 Å². The Hall–Kier alpha value is -4.51. The molecule has 0 aliphatic heterocycles. The number of nitrogens with zero attached hydrogens (tertiary/aromatic N) is 3. The van der Waals surface area contributed by atoms with Gasteiger partial charge in [0.15, 0.2) is 5.65 Å². The smallest absolute Gasteiger partial charge is 0.264 e. The summed E-state index contributed by atoms with van der Waals surface area (Å²) in [6.45, 7) is 2.26. The number of aromatic hydroxyl groups is 1. The predicted octanol–water partition coefficient (Wildman–Crippen LogP) is 5.10. The summed E-state index contributed by atoms with van der Waals surface area (Å²) in [6, 6.07) is 17.4. The molecule has 0 saturated heterocycles. The maximum absolute atomic E-state index is 13.9. The van der Waals surface area contributed by atoms with Crippen molar-refractivity contribution in [1.29, 1.82) is 0 Å². The molecule has 0 atom stereocenters. The van der Waals surface area contributed by atoms with Gasteiger partial charge in [0.25, 0.3) is 10.0 Å². The maximum atomic E-state index is 13.9. The summed E-state index contributed by atoms with van der Waals surface area (Å²) in [5, 5.41) is 18.0. The van der Waals surface area contributed by atoms with Crippen LogP contribution < -0.4 is 10.0 Å². The van der Waals surface area contributed by atoms with Crippen molar-refractivity contribution >= 4 is 27.2 Å². The number of halogens is 2. The summed E-state index contributed by atoms with van der Waals surface area (Å²) in [5.74, 6) is -1.15. The molecule has 0 spiro atoms. The number of anilines is 2. The number of aromatic nitrogens is 3. The number of aryl methyl sites for hydroxylation is 1. The van der Waals surface area contributed by atoms with Gasteiger partial charge in [-0.1, -0.05) is 24.3 Å². The lowest BCUT2D eigenvalue weighted by Gasteiger charge is -2.13. The second-order valence-corrected chi connectivity index (χ2v) is 9.99. The van der Waals surface area contributed by atoms with E-state index in [4.69, 9.17) is 0 Å². The minimum Gasteiger partial charge on any atom is -0.507 e. The fraction of sp³-hybridized carbons (Fsp3) is 0.0769. The van der Waals surface area contributed by atoms with Crippen LogP contribution in [0.3, 0.4) is 0 Å². The van der Waals surface area contributed by atoms with E-state index < -0.39 is 26.6 Å². The molecule has 5 rings (SSSR count). The van der Waals surface area contributed by atoms with Gasteiger partial charge in [0.2, 0.25) is 0 Å². The van der Waals surface area contributed by atoms with E-state index in [9.17, 15) is 22.3 Å². The normalized spacial score (nSPS) is 11.5. The van der Waals surface area contributed by atoms with Gasteiger partial charge in [-0.25, -0.2) is 22.2 Å². The van der Waals surface area contributed by atoms with Gasteiger partial charge in [0, 0.05) is 29.4 Å². The van der Waals surface area contributed by atoms with Gasteiger partial charge in [0.05, 0.1) is 11.9 Å². The summed E-state index contributed by atoms with van der Waals surface area (Å²) >= 11 is 0. The van der Waals surface area contributed by atoms with Crippen LogP contribution in [0.2, 0.25) is 0 Å². The van der Waals surface area contributed by atoms with Gasteiger partial charge in [-0.2, -0.15) is 9.61 Å². The average Bonchev–Trinajstić information content (AvgIpc) is 3.25. The number of benzene rings is 3. The van der Waals surface area contributed by atoms with Gasteiger partial charge in [-0.3, -0.25) is 4.72 Å². The zero-order chi connectivity index (χ0) is 26.2. The highest BCUT2D eigenvalue weighted by Gasteiger charge is 2.20. The first-order valence-corrected chi connectivity index (χ1v) is 12.6. The Labute approximate surface area is 211 Å². The van der Waals surface area contributed by atoms with Crippen molar-refractivity contribution in [3.05, 3.63) is 102 Å². The molecule has 0 saturated carbocycles. The zero-order valence-corrected chi connectivity index (χ0v) is 20.3. The Morgan fingerprint density at radius 2 is 1.76 bits per heavy atom. The molecule has 0 bridgehead atoms. The SMILES string of the molecule is Cc1cnn2c(NCc3ccc(NS(=O)(=O)c4cc(F)ccc4F)cc3)cc(-c3ccccc3O)nc12. The average molecular weight is 522 g/mol. The van der Waals surface area contributed by atoms with Gasteiger partial charge in [-0.05, 0) is 55.0 Å². The number of hydrogen-bond acceptors (Lipinski definition) is 6. The standard InChI is InChI=1S/C26H21F2N5O3S/c1-16-14-30-33-25(13-22(31-26(16)33)20-4-2-3-5-23(20)34)29-15-17-6-9-19(10-7-17)32-37(35,36)24-12-18(27)8-11-21(24)28/h2-14,29,32,34H,15H2,1H3. The minimum atomic E-state index is -4.31. The van der Waals surface area contributed by atoms with Crippen molar-refractivity contribution in [2.75, 3.05) is 10.0 Å². The van der Waals surface area contributed by atoms with Crippen molar-refractivity contribution < 1.29 is 22.3 Å². The summed E-state index contributed by atoms with van der Waals surface area (Å²) in [6.07, 6.45) is 1.70. The Bertz CT molecular complexity index is 1720. The fourth-order valence-corrected chi connectivity index (χ4v) is 4.95. The third-order valence-corrected chi connectivity index (χ3v) is 7.09. The molecule has 2 aromatic heterocycles. The van der Waals surface area contributed by atoms with Crippen LogP contribution in [0.25, 0.3) is 16.9 Å². The lowest BCUT2D eigenvalue weighted by Crippen LogP contribution is -2.15. The molecule has 0 unspecified atom stereocenters. The van der Waals surface area contributed by atoms with Gasteiger partial charge < -0.3 is 10.4 Å². The number of hydrogen-bond donors (Lipinski definition) is 3. The van der Waals surface area contributed by atoms with Gasteiger partial charge in [-0.15, -0.1) is 0 Å².